The van der Waals surface area contributed by atoms with E-state index in [1.165, 1.54) is 0 Å². The lowest BCUT2D eigenvalue weighted by molar-refractivity contribution is -0.207. The van der Waals surface area contributed by atoms with Gasteiger partial charge in [0.25, 0.3) is 0 Å². The number of nitriles is 1. The predicted octanol–water partition coefficient (Wildman–Crippen LogP) is 4.05. The number of hydrogen-bond acceptors (Lipinski definition) is 5. The van der Waals surface area contributed by atoms with Crippen molar-refractivity contribution in [3.63, 3.8) is 0 Å². The summed E-state index contributed by atoms with van der Waals surface area (Å²) in [6.45, 7) is 4.07. The molecule has 0 aliphatic rings. The first-order valence-electron chi connectivity index (χ1n) is 7.92. The highest BCUT2D eigenvalue weighted by Gasteiger charge is 2.01. The van der Waals surface area contributed by atoms with Crippen LogP contribution in [0.3, 0.4) is 0 Å². The molecule has 2 rings (SSSR count). The number of rotatable bonds is 9. The van der Waals surface area contributed by atoms with Crippen LogP contribution in [0, 0.1) is 11.3 Å². The van der Waals surface area contributed by atoms with Crippen molar-refractivity contribution in [2.45, 2.75) is 12.8 Å². The summed E-state index contributed by atoms with van der Waals surface area (Å²) in [4.78, 5) is 21.2. The Morgan fingerprint density at radius 3 is 2.20 bits per heavy atom. The number of benzene rings is 2. The Morgan fingerprint density at radius 1 is 1.00 bits per heavy atom. The van der Waals surface area contributed by atoms with E-state index in [9.17, 15) is 4.79 Å². The predicted molar refractivity (Wildman–Crippen MR) is 93.6 cm³/mol. The van der Waals surface area contributed by atoms with Crippen molar-refractivity contribution >= 4 is 5.97 Å². The van der Waals surface area contributed by atoms with Gasteiger partial charge in [-0.05, 0) is 48.2 Å². The standard InChI is InChI=1S/C20H19NO4/c1-2-20(22)23-13-3-4-14-24-25-19-11-9-18(10-12-19)17-7-5-16(15-21)6-8-17/h2,5-12H,1,3-4,13-14H2. The Labute approximate surface area is 147 Å². The highest BCUT2D eigenvalue weighted by Crippen LogP contribution is 2.22. The molecule has 0 saturated heterocycles. The Morgan fingerprint density at radius 2 is 1.60 bits per heavy atom. The van der Waals surface area contributed by atoms with Gasteiger partial charge in [0, 0.05) is 6.08 Å². The van der Waals surface area contributed by atoms with Gasteiger partial charge in [-0.1, -0.05) is 30.8 Å². The molecule has 2 aromatic rings. The minimum atomic E-state index is -0.417. The molecule has 5 nitrogen and oxygen atoms in total. The topological polar surface area (TPSA) is 68.6 Å². The maximum atomic E-state index is 10.8. The minimum absolute atomic E-state index is 0.341. The molecule has 0 amide bonds. The third kappa shape index (κ3) is 6.13. The van der Waals surface area contributed by atoms with Crippen molar-refractivity contribution in [2.75, 3.05) is 13.2 Å². The molecule has 5 heteroatoms. The number of unbranched alkanes of at least 4 members (excludes halogenated alkanes) is 1. The number of carbonyl (C=O) groups excluding carboxylic acids is 1. The van der Waals surface area contributed by atoms with Gasteiger partial charge in [-0.3, -0.25) is 0 Å². The first-order chi connectivity index (χ1) is 12.2. The smallest absolute Gasteiger partial charge is 0.330 e. The minimum Gasteiger partial charge on any atom is -0.463 e. The molecule has 0 N–H and O–H groups in total. The first kappa shape index (κ1) is 18.2. The highest BCUT2D eigenvalue weighted by atomic mass is 17.2. The number of nitrogens with zero attached hydrogens (tertiary/aromatic N) is 1. The summed E-state index contributed by atoms with van der Waals surface area (Å²) in [5.74, 6) is 0.190. The molecule has 128 valence electrons. The van der Waals surface area contributed by atoms with Crippen LogP contribution in [0.1, 0.15) is 18.4 Å². The van der Waals surface area contributed by atoms with Crippen LogP contribution in [0.15, 0.2) is 61.2 Å². The molecule has 0 aromatic heterocycles. The van der Waals surface area contributed by atoms with Crippen LogP contribution in [-0.4, -0.2) is 19.2 Å². The van der Waals surface area contributed by atoms with E-state index in [2.05, 4.69) is 12.6 Å². The fourth-order valence-corrected chi connectivity index (χ4v) is 2.04. The van der Waals surface area contributed by atoms with E-state index in [-0.39, 0.29) is 0 Å². The van der Waals surface area contributed by atoms with Gasteiger partial charge in [0.05, 0.1) is 24.8 Å². The van der Waals surface area contributed by atoms with E-state index in [1.807, 2.05) is 36.4 Å². The van der Waals surface area contributed by atoms with Crippen LogP contribution in [0.2, 0.25) is 0 Å². The van der Waals surface area contributed by atoms with Crippen molar-refractivity contribution in [1.82, 2.24) is 0 Å². The Hall–Kier alpha value is -3.10. The quantitative estimate of drug-likeness (QED) is 0.227. The summed E-state index contributed by atoms with van der Waals surface area (Å²) in [6.07, 6.45) is 2.55. The molecule has 0 aliphatic heterocycles. The normalized spacial score (nSPS) is 9.88. The van der Waals surface area contributed by atoms with Gasteiger partial charge < -0.3 is 9.62 Å². The molecule has 0 spiro atoms. The maximum Gasteiger partial charge on any atom is 0.330 e. The monoisotopic (exact) mass is 337 g/mol. The summed E-state index contributed by atoms with van der Waals surface area (Å²) in [5, 5.41) is 8.82. The number of ether oxygens (including phenoxy) is 1. The molecule has 0 atom stereocenters. The zero-order valence-electron chi connectivity index (χ0n) is 13.8. The molecular weight excluding hydrogens is 318 g/mol. The van der Waals surface area contributed by atoms with Gasteiger partial charge in [0.1, 0.15) is 0 Å². The number of hydrogen-bond donors (Lipinski definition) is 0. The molecule has 0 heterocycles. The molecule has 0 radical (unpaired) electrons. The van der Waals surface area contributed by atoms with E-state index in [0.717, 1.165) is 17.2 Å². The summed E-state index contributed by atoms with van der Waals surface area (Å²) in [6, 6.07) is 17.0. The molecule has 2 aromatic carbocycles. The lowest BCUT2D eigenvalue weighted by Crippen LogP contribution is -2.04. The molecule has 0 unspecified atom stereocenters. The van der Waals surface area contributed by atoms with Crippen molar-refractivity contribution in [1.29, 1.82) is 5.26 Å². The van der Waals surface area contributed by atoms with Gasteiger partial charge in [-0.15, -0.1) is 0 Å². The summed E-state index contributed by atoms with van der Waals surface area (Å²) >= 11 is 0. The van der Waals surface area contributed by atoms with Gasteiger partial charge >= 0.3 is 5.97 Å². The second-order valence-electron chi connectivity index (χ2n) is 5.20. The van der Waals surface area contributed by atoms with Crippen molar-refractivity contribution < 1.29 is 19.3 Å². The van der Waals surface area contributed by atoms with E-state index in [1.54, 1.807) is 12.1 Å². The SMILES string of the molecule is C=CC(=O)OCCCCOOc1ccc(-c2ccc(C#N)cc2)cc1. The van der Waals surface area contributed by atoms with E-state index < -0.39 is 5.97 Å². The average molecular weight is 337 g/mol. The van der Waals surface area contributed by atoms with Crippen LogP contribution >= 0.6 is 0 Å². The molecule has 25 heavy (non-hydrogen) atoms. The Bertz CT molecular complexity index is 730. The van der Waals surface area contributed by atoms with Crippen LogP contribution in [0.5, 0.6) is 5.75 Å². The van der Waals surface area contributed by atoms with E-state index in [4.69, 9.17) is 19.8 Å². The van der Waals surface area contributed by atoms with Crippen molar-refractivity contribution in [3.8, 4) is 22.9 Å². The van der Waals surface area contributed by atoms with Crippen LogP contribution in [0.4, 0.5) is 0 Å². The van der Waals surface area contributed by atoms with Crippen molar-refractivity contribution in [3.05, 3.63) is 66.7 Å². The lowest BCUT2D eigenvalue weighted by Gasteiger charge is -2.07. The fraction of sp³-hybridized carbons (Fsp3) is 0.200. The third-order valence-electron chi connectivity index (χ3n) is 3.39. The molecule has 0 fully saturated rings. The zero-order valence-corrected chi connectivity index (χ0v) is 13.8. The van der Waals surface area contributed by atoms with Gasteiger partial charge in [0.15, 0.2) is 5.75 Å². The number of esters is 1. The van der Waals surface area contributed by atoms with Crippen LogP contribution in [0.25, 0.3) is 11.1 Å². The second kappa shape index (κ2) is 9.91. The summed E-state index contributed by atoms with van der Waals surface area (Å²) in [7, 11) is 0. The first-order valence-corrected chi connectivity index (χ1v) is 7.92. The van der Waals surface area contributed by atoms with Crippen molar-refractivity contribution in [2.24, 2.45) is 0 Å². The third-order valence-corrected chi connectivity index (χ3v) is 3.39. The average Bonchev–Trinajstić information content (AvgIpc) is 2.67. The molecular formula is C20H19NO4. The lowest BCUT2D eigenvalue weighted by atomic mass is 10.0. The summed E-state index contributed by atoms with van der Waals surface area (Å²) in [5.41, 5.74) is 2.69. The highest BCUT2D eigenvalue weighted by molar-refractivity contribution is 5.81. The van der Waals surface area contributed by atoms with Crippen LogP contribution < -0.4 is 4.89 Å². The van der Waals surface area contributed by atoms with E-state index in [0.29, 0.717) is 37.4 Å². The fourth-order valence-electron chi connectivity index (χ4n) is 2.04. The number of carbonyl (C=O) groups is 1. The molecule has 0 aliphatic carbocycles. The van der Waals surface area contributed by atoms with Crippen LogP contribution in [-0.2, 0) is 14.4 Å². The zero-order chi connectivity index (χ0) is 17.9. The Kier molecular flexibility index (Phi) is 7.23. The van der Waals surface area contributed by atoms with Gasteiger partial charge in [-0.25, -0.2) is 4.79 Å². The Balaban J connectivity index is 1.70. The summed E-state index contributed by atoms with van der Waals surface area (Å²) < 4.78 is 4.85. The van der Waals surface area contributed by atoms with E-state index >= 15 is 0 Å². The second-order valence-corrected chi connectivity index (χ2v) is 5.20. The largest absolute Gasteiger partial charge is 0.463 e. The molecule has 0 saturated carbocycles. The maximum absolute atomic E-state index is 10.8. The molecule has 0 bridgehead atoms. The van der Waals surface area contributed by atoms with Gasteiger partial charge in [0.2, 0.25) is 0 Å². The van der Waals surface area contributed by atoms with Gasteiger partial charge in [-0.2, -0.15) is 10.1 Å².